The van der Waals surface area contributed by atoms with Gasteiger partial charge in [-0.05, 0) is 19.8 Å². The first-order valence-corrected chi connectivity index (χ1v) is 8.37. The van der Waals surface area contributed by atoms with Crippen LogP contribution in [0.1, 0.15) is 45.4 Å². The summed E-state index contributed by atoms with van der Waals surface area (Å²) in [6, 6.07) is -0.249. The maximum atomic E-state index is 11.8. The average Bonchev–Trinajstić information content (AvgIpc) is 2.47. The minimum atomic E-state index is -0.424. The maximum Gasteiger partial charge on any atom is 0.321 e. The molecule has 0 bridgehead atoms. The summed E-state index contributed by atoms with van der Waals surface area (Å²) in [5, 5.41) is 4.80. The van der Waals surface area contributed by atoms with Gasteiger partial charge in [0.05, 0.1) is 18.8 Å². The number of rotatable bonds is 6. The van der Waals surface area contributed by atoms with E-state index in [4.69, 9.17) is 0 Å². The van der Waals surface area contributed by atoms with E-state index < -0.39 is 6.03 Å². The number of thioether (sulfide) groups is 1. The lowest BCUT2D eigenvalue weighted by Gasteiger charge is -2.23. The Hall–Kier alpha value is -1.24. The van der Waals surface area contributed by atoms with Crippen molar-refractivity contribution in [1.82, 2.24) is 10.6 Å². The number of nitrogens with one attached hydrogen (secondary N) is 2. The van der Waals surface area contributed by atoms with Crippen molar-refractivity contribution in [1.29, 1.82) is 0 Å². The van der Waals surface area contributed by atoms with Gasteiger partial charge in [-0.25, -0.2) is 4.79 Å². The second-order valence-electron chi connectivity index (χ2n) is 5.14. The zero-order valence-electron chi connectivity index (χ0n) is 12.6. The first kappa shape index (κ1) is 17.8. The monoisotopic (exact) mass is 316 g/mol. The van der Waals surface area contributed by atoms with Crippen molar-refractivity contribution in [3.8, 4) is 0 Å². The molecule has 0 unspecified atom stereocenters. The molecule has 1 rings (SSSR count). The molecular weight excluding hydrogens is 292 g/mol. The molecule has 0 spiro atoms. The van der Waals surface area contributed by atoms with Crippen molar-refractivity contribution in [2.24, 2.45) is 0 Å². The van der Waals surface area contributed by atoms with E-state index in [9.17, 15) is 14.4 Å². The van der Waals surface area contributed by atoms with Crippen LogP contribution in [0, 0.1) is 0 Å². The summed E-state index contributed by atoms with van der Waals surface area (Å²) in [4.78, 5) is 34.5. The minimum Gasteiger partial charge on any atom is -0.469 e. The highest BCUT2D eigenvalue weighted by atomic mass is 32.2. The van der Waals surface area contributed by atoms with Gasteiger partial charge in [0.1, 0.15) is 0 Å². The van der Waals surface area contributed by atoms with Gasteiger partial charge in [-0.1, -0.05) is 19.3 Å². The topological polar surface area (TPSA) is 84.5 Å². The summed E-state index contributed by atoms with van der Waals surface area (Å²) >= 11 is 1.32. The number of carbonyl (C=O) groups is 3. The number of hydrogen-bond donors (Lipinski definition) is 2. The summed E-state index contributed by atoms with van der Waals surface area (Å²) in [6.07, 6.45) is 5.67. The first-order chi connectivity index (χ1) is 10.0. The lowest BCUT2D eigenvalue weighted by Crippen LogP contribution is -2.47. The molecule has 1 aliphatic carbocycles. The Labute approximate surface area is 129 Å². The van der Waals surface area contributed by atoms with Crippen molar-refractivity contribution >= 4 is 29.7 Å². The van der Waals surface area contributed by atoms with Crippen LogP contribution in [0.5, 0.6) is 0 Å². The van der Waals surface area contributed by atoms with E-state index in [1.807, 2.05) is 0 Å². The fourth-order valence-electron chi connectivity index (χ4n) is 2.18. The smallest absolute Gasteiger partial charge is 0.321 e. The fourth-order valence-corrected chi connectivity index (χ4v) is 3.03. The maximum absolute atomic E-state index is 11.8. The summed E-state index contributed by atoms with van der Waals surface area (Å²) in [6.45, 7) is 1.71. The molecule has 3 amide bonds. The predicted octanol–water partition coefficient (Wildman–Crippen LogP) is 1.83. The molecule has 0 radical (unpaired) electrons. The van der Waals surface area contributed by atoms with Gasteiger partial charge in [0.2, 0.25) is 5.91 Å². The lowest BCUT2D eigenvalue weighted by molar-refractivity contribution is -0.140. The third-order valence-electron chi connectivity index (χ3n) is 3.45. The molecule has 0 aromatic heterocycles. The fraction of sp³-hybridized carbons (Fsp3) is 0.786. The van der Waals surface area contributed by atoms with Gasteiger partial charge in [-0.3, -0.25) is 14.9 Å². The Kier molecular flexibility index (Phi) is 8.19. The van der Waals surface area contributed by atoms with E-state index in [-0.39, 0.29) is 29.6 Å². The number of hydrogen-bond acceptors (Lipinski definition) is 5. The van der Waals surface area contributed by atoms with Crippen molar-refractivity contribution in [3.05, 3.63) is 0 Å². The summed E-state index contributed by atoms with van der Waals surface area (Å²) in [7, 11) is 1.33. The van der Waals surface area contributed by atoms with Gasteiger partial charge in [0.25, 0.3) is 0 Å². The first-order valence-electron chi connectivity index (χ1n) is 7.32. The van der Waals surface area contributed by atoms with Gasteiger partial charge >= 0.3 is 12.0 Å². The van der Waals surface area contributed by atoms with Crippen LogP contribution in [0.15, 0.2) is 0 Å². The van der Waals surface area contributed by atoms with E-state index in [1.54, 1.807) is 6.92 Å². The molecule has 0 aromatic rings. The van der Waals surface area contributed by atoms with Crippen molar-refractivity contribution in [2.45, 2.75) is 56.7 Å². The molecule has 0 heterocycles. The molecule has 1 fully saturated rings. The number of carbonyl (C=O) groups excluding carboxylic acids is 3. The van der Waals surface area contributed by atoms with Gasteiger partial charge < -0.3 is 10.1 Å². The number of imide groups is 1. The van der Waals surface area contributed by atoms with Gasteiger partial charge in [-0.2, -0.15) is 0 Å². The van der Waals surface area contributed by atoms with Crippen molar-refractivity contribution in [2.75, 3.05) is 12.9 Å². The zero-order chi connectivity index (χ0) is 15.7. The number of urea groups is 1. The normalized spacial score (nSPS) is 16.9. The van der Waals surface area contributed by atoms with Crippen LogP contribution in [0.2, 0.25) is 0 Å². The van der Waals surface area contributed by atoms with Crippen molar-refractivity contribution < 1.29 is 19.1 Å². The van der Waals surface area contributed by atoms with Crippen LogP contribution in [0.4, 0.5) is 4.79 Å². The Bertz CT molecular complexity index is 370. The summed E-state index contributed by atoms with van der Waals surface area (Å²) in [5.41, 5.74) is 0. The van der Waals surface area contributed by atoms with E-state index >= 15 is 0 Å². The van der Waals surface area contributed by atoms with E-state index in [2.05, 4.69) is 15.4 Å². The van der Waals surface area contributed by atoms with E-state index in [1.165, 1.54) is 25.3 Å². The van der Waals surface area contributed by atoms with Gasteiger partial charge in [0.15, 0.2) is 0 Å². The average molecular weight is 316 g/mol. The highest BCUT2D eigenvalue weighted by Gasteiger charge is 2.20. The lowest BCUT2D eigenvalue weighted by atomic mass is 9.96. The SMILES string of the molecule is COC(=O)CCS[C@H](C)C(=O)NC(=O)NC1CCCCC1. The third kappa shape index (κ3) is 7.36. The minimum absolute atomic E-state index is 0.175. The number of amides is 3. The molecule has 6 nitrogen and oxygen atoms in total. The Morgan fingerprint density at radius 2 is 1.90 bits per heavy atom. The highest BCUT2D eigenvalue weighted by Crippen LogP contribution is 2.17. The second-order valence-corrected chi connectivity index (χ2v) is 6.59. The van der Waals surface area contributed by atoms with Crippen LogP contribution in [0.25, 0.3) is 0 Å². The zero-order valence-corrected chi connectivity index (χ0v) is 13.5. The van der Waals surface area contributed by atoms with E-state index in [0.717, 1.165) is 25.7 Å². The summed E-state index contributed by atoms with van der Waals surface area (Å²) < 4.78 is 4.52. The molecule has 120 valence electrons. The molecule has 21 heavy (non-hydrogen) atoms. The molecule has 0 aromatic carbocycles. The molecule has 1 aliphatic rings. The molecule has 0 saturated heterocycles. The number of esters is 1. The van der Waals surface area contributed by atoms with Crippen LogP contribution in [-0.2, 0) is 14.3 Å². The Morgan fingerprint density at radius 1 is 1.24 bits per heavy atom. The van der Waals surface area contributed by atoms with Gasteiger partial charge in [0, 0.05) is 11.8 Å². The van der Waals surface area contributed by atoms with Crippen molar-refractivity contribution in [3.63, 3.8) is 0 Å². The Morgan fingerprint density at radius 3 is 2.52 bits per heavy atom. The molecule has 2 N–H and O–H groups in total. The molecule has 7 heteroatoms. The number of ether oxygens (including phenoxy) is 1. The molecule has 1 saturated carbocycles. The standard InChI is InChI=1S/C14H24N2O4S/c1-10(21-9-8-12(17)20-2)13(18)16-14(19)15-11-6-4-3-5-7-11/h10-11H,3-9H2,1-2H3,(H2,15,16,18,19)/t10-/m1/s1. The number of methoxy groups -OCH3 is 1. The molecule has 1 atom stereocenters. The third-order valence-corrected chi connectivity index (χ3v) is 4.60. The molecule has 0 aliphatic heterocycles. The van der Waals surface area contributed by atoms with Crippen LogP contribution < -0.4 is 10.6 Å². The van der Waals surface area contributed by atoms with Crippen LogP contribution in [0.3, 0.4) is 0 Å². The molecular formula is C14H24N2O4S. The quantitative estimate of drug-likeness (QED) is 0.730. The van der Waals surface area contributed by atoms with Crippen LogP contribution >= 0.6 is 11.8 Å². The van der Waals surface area contributed by atoms with E-state index in [0.29, 0.717) is 5.75 Å². The summed E-state index contributed by atoms with van der Waals surface area (Å²) in [5.74, 6) is -0.144. The second kappa shape index (κ2) is 9.65. The van der Waals surface area contributed by atoms with Crippen LogP contribution in [-0.4, -0.2) is 42.1 Å². The Balaban J connectivity index is 2.21. The predicted molar refractivity (Wildman–Crippen MR) is 82.1 cm³/mol. The largest absolute Gasteiger partial charge is 0.469 e. The highest BCUT2D eigenvalue weighted by molar-refractivity contribution is 8.00. The van der Waals surface area contributed by atoms with Gasteiger partial charge in [-0.15, -0.1) is 11.8 Å².